The van der Waals surface area contributed by atoms with Gasteiger partial charge in [-0.05, 0) is 50.3 Å². The van der Waals surface area contributed by atoms with Crippen LogP contribution in [0.1, 0.15) is 70.8 Å². The Kier molecular flexibility index (Phi) is 7.91. The number of likely N-dealkylation sites (tertiary alicyclic amines) is 1. The van der Waals surface area contributed by atoms with Gasteiger partial charge in [-0.15, -0.1) is 0 Å². The van der Waals surface area contributed by atoms with Crippen molar-refractivity contribution >= 4 is 17.9 Å². The Morgan fingerprint density at radius 1 is 1.22 bits per heavy atom. The topological polar surface area (TPSA) is 54.5 Å². The monoisotopic (exact) mass is 371 g/mol. The molecule has 0 bridgehead atoms. The predicted octanol–water partition coefficient (Wildman–Crippen LogP) is 4.18. The van der Waals surface area contributed by atoms with Crippen LogP contribution in [0.4, 0.5) is 0 Å². The van der Waals surface area contributed by atoms with Gasteiger partial charge in [-0.25, -0.2) is 0 Å². The molecule has 1 heterocycles. The van der Waals surface area contributed by atoms with Gasteiger partial charge >= 0.3 is 0 Å². The van der Waals surface area contributed by atoms with Crippen LogP contribution in [0.25, 0.3) is 0 Å². The second-order valence-corrected chi connectivity index (χ2v) is 8.48. The molecule has 0 spiro atoms. The van der Waals surface area contributed by atoms with E-state index >= 15 is 0 Å². The molecule has 2 unspecified atom stereocenters. The lowest BCUT2D eigenvalue weighted by atomic mass is 9.84. The molecule has 27 heavy (non-hydrogen) atoms. The second kappa shape index (κ2) is 9.93. The Labute approximate surface area is 163 Å². The van der Waals surface area contributed by atoms with Gasteiger partial charge in [0.05, 0.1) is 6.04 Å². The molecule has 4 heteroatoms. The third-order valence-corrected chi connectivity index (χ3v) is 5.98. The minimum absolute atomic E-state index is 0.0381. The van der Waals surface area contributed by atoms with Crippen molar-refractivity contribution in [3.63, 3.8) is 0 Å². The smallest absolute Gasteiger partial charge is 0.200 e. The first-order valence-electron chi connectivity index (χ1n) is 10.2. The lowest BCUT2D eigenvalue weighted by Gasteiger charge is -2.36. The maximum absolute atomic E-state index is 12.9. The molecule has 148 valence electrons. The molecule has 1 fully saturated rings. The molecule has 2 rings (SSSR count). The second-order valence-electron chi connectivity index (χ2n) is 8.48. The lowest BCUT2D eigenvalue weighted by Crippen LogP contribution is -2.46. The van der Waals surface area contributed by atoms with E-state index in [0.717, 1.165) is 32.2 Å². The van der Waals surface area contributed by atoms with E-state index in [4.69, 9.17) is 0 Å². The lowest BCUT2D eigenvalue weighted by molar-refractivity contribution is -0.136. The summed E-state index contributed by atoms with van der Waals surface area (Å²) < 4.78 is 0. The Bertz CT molecular complexity index is 638. The summed E-state index contributed by atoms with van der Waals surface area (Å²) in [5, 5.41) is 0. The highest BCUT2D eigenvalue weighted by Crippen LogP contribution is 2.27. The maximum atomic E-state index is 12.9. The van der Waals surface area contributed by atoms with E-state index in [-0.39, 0.29) is 11.8 Å². The van der Waals surface area contributed by atoms with Gasteiger partial charge in [0, 0.05) is 11.8 Å². The van der Waals surface area contributed by atoms with Crippen LogP contribution in [0.15, 0.2) is 30.3 Å². The van der Waals surface area contributed by atoms with Gasteiger partial charge in [-0.1, -0.05) is 57.5 Å². The van der Waals surface area contributed by atoms with Crippen molar-refractivity contribution in [3.8, 4) is 0 Å². The summed E-state index contributed by atoms with van der Waals surface area (Å²) in [5.74, 6) is 0.326. The number of hydrogen-bond donors (Lipinski definition) is 0. The third kappa shape index (κ3) is 6.10. The largest absolute Gasteiger partial charge is 0.298 e. The van der Waals surface area contributed by atoms with E-state index in [2.05, 4.69) is 24.0 Å². The number of piperidine rings is 1. The fraction of sp³-hybridized carbons (Fsp3) is 0.609. The highest BCUT2D eigenvalue weighted by molar-refractivity contribution is 6.27. The molecule has 1 aliphatic rings. The summed E-state index contributed by atoms with van der Waals surface area (Å²) in [6, 6.07) is 10.3. The number of aldehydes is 1. The number of Topliss-reactive ketones (excluding diaryl/α,β-unsaturated/α-hetero) is 2. The molecule has 0 amide bonds. The number of benzene rings is 1. The quantitative estimate of drug-likeness (QED) is 0.457. The highest BCUT2D eigenvalue weighted by atomic mass is 16.2. The normalized spacial score (nSPS) is 19.4. The predicted molar refractivity (Wildman–Crippen MR) is 108 cm³/mol. The Balaban J connectivity index is 1.90. The third-order valence-electron chi connectivity index (χ3n) is 5.98. The number of carbonyl (C=O) groups is 3. The number of hydrogen-bond acceptors (Lipinski definition) is 4. The summed E-state index contributed by atoms with van der Waals surface area (Å²) in [4.78, 5) is 37.7. The van der Waals surface area contributed by atoms with E-state index in [1.54, 1.807) is 0 Å². The molecular formula is C23H33NO3. The summed E-state index contributed by atoms with van der Waals surface area (Å²) in [7, 11) is 0. The van der Waals surface area contributed by atoms with Crippen molar-refractivity contribution in [1.29, 1.82) is 0 Å². The van der Waals surface area contributed by atoms with Crippen LogP contribution in [-0.4, -0.2) is 41.9 Å². The van der Waals surface area contributed by atoms with Gasteiger partial charge in [0.2, 0.25) is 5.78 Å². The van der Waals surface area contributed by atoms with Crippen molar-refractivity contribution in [3.05, 3.63) is 35.9 Å². The van der Waals surface area contributed by atoms with Gasteiger partial charge in [0.1, 0.15) is 5.78 Å². The number of carbonyl (C=O) groups excluding carboxylic acids is 3. The Hall–Kier alpha value is -1.81. The van der Waals surface area contributed by atoms with Gasteiger partial charge in [0.15, 0.2) is 6.29 Å². The molecule has 1 saturated heterocycles. The van der Waals surface area contributed by atoms with Crippen molar-refractivity contribution in [2.24, 2.45) is 5.41 Å². The number of nitrogens with zero attached hydrogens (tertiary/aromatic N) is 1. The molecule has 0 saturated carbocycles. The Morgan fingerprint density at radius 3 is 2.59 bits per heavy atom. The van der Waals surface area contributed by atoms with Crippen LogP contribution in [0, 0.1) is 5.41 Å². The van der Waals surface area contributed by atoms with Crippen molar-refractivity contribution < 1.29 is 14.4 Å². The van der Waals surface area contributed by atoms with Crippen LogP contribution in [0.2, 0.25) is 0 Å². The fourth-order valence-corrected chi connectivity index (χ4v) is 3.80. The first-order chi connectivity index (χ1) is 12.8. The van der Waals surface area contributed by atoms with Crippen LogP contribution in [0.5, 0.6) is 0 Å². The molecular weight excluding hydrogens is 338 g/mol. The average Bonchev–Trinajstić information content (AvgIpc) is 2.70. The molecule has 1 aliphatic heterocycles. The summed E-state index contributed by atoms with van der Waals surface area (Å²) in [5.41, 5.74) is 0.620. The minimum atomic E-state index is -0.658. The van der Waals surface area contributed by atoms with E-state index in [1.807, 2.05) is 32.0 Å². The van der Waals surface area contributed by atoms with Gasteiger partial charge in [-0.3, -0.25) is 19.3 Å². The summed E-state index contributed by atoms with van der Waals surface area (Å²) in [6.45, 7) is 7.39. The standard InChI is InChI=1S/C23H33NO3/c1-18(19-9-5-4-6-10-19)12-13-21(26)20-11-7-8-15-24(20)16-14-23(2,3)22(27)17-25/h4-6,9-10,17-18,20H,7-8,11-16H2,1-3H3. The van der Waals surface area contributed by atoms with Crippen molar-refractivity contribution in [2.45, 2.75) is 71.3 Å². The van der Waals surface area contributed by atoms with Crippen molar-refractivity contribution in [1.82, 2.24) is 4.90 Å². The zero-order valence-corrected chi connectivity index (χ0v) is 16.9. The fourth-order valence-electron chi connectivity index (χ4n) is 3.80. The molecule has 1 aromatic rings. The Morgan fingerprint density at radius 2 is 1.93 bits per heavy atom. The van der Waals surface area contributed by atoms with Crippen LogP contribution in [-0.2, 0) is 14.4 Å². The molecule has 0 aliphatic carbocycles. The molecule has 0 N–H and O–H groups in total. The van der Waals surface area contributed by atoms with Gasteiger partial charge < -0.3 is 0 Å². The number of ketones is 2. The maximum Gasteiger partial charge on any atom is 0.200 e. The zero-order valence-electron chi connectivity index (χ0n) is 16.9. The SMILES string of the molecule is CC(CCC(=O)C1CCCCN1CCC(C)(C)C(=O)C=O)c1ccccc1. The molecule has 4 nitrogen and oxygen atoms in total. The average molecular weight is 372 g/mol. The van der Waals surface area contributed by atoms with Crippen LogP contribution in [0.3, 0.4) is 0 Å². The minimum Gasteiger partial charge on any atom is -0.298 e. The molecule has 0 radical (unpaired) electrons. The highest BCUT2D eigenvalue weighted by Gasteiger charge is 2.32. The van der Waals surface area contributed by atoms with Crippen LogP contribution < -0.4 is 0 Å². The van der Waals surface area contributed by atoms with E-state index in [9.17, 15) is 14.4 Å². The zero-order chi connectivity index (χ0) is 19.9. The van der Waals surface area contributed by atoms with E-state index < -0.39 is 5.41 Å². The summed E-state index contributed by atoms with van der Waals surface area (Å²) in [6.07, 6.45) is 5.56. The van der Waals surface area contributed by atoms with E-state index in [1.165, 1.54) is 5.56 Å². The molecule has 1 aromatic carbocycles. The summed E-state index contributed by atoms with van der Waals surface area (Å²) >= 11 is 0. The van der Waals surface area contributed by atoms with Gasteiger partial charge in [-0.2, -0.15) is 0 Å². The van der Waals surface area contributed by atoms with Crippen molar-refractivity contribution in [2.75, 3.05) is 13.1 Å². The first-order valence-corrected chi connectivity index (χ1v) is 10.2. The number of rotatable bonds is 10. The van der Waals surface area contributed by atoms with E-state index in [0.29, 0.717) is 37.4 Å². The first kappa shape index (κ1) is 21.5. The molecule has 2 atom stereocenters. The molecule has 0 aromatic heterocycles. The van der Waals surface area contributed by atoms with Crippen LogP contribution >= 0.6 is 0 Å². The van der Waals surface area contributed by atoms with Gasteiger partial charge in [0.25, 0.3) is 0 Å².